The molecule has 1 atom stereocenters. The molecule has 0 spiro atoms. The highest BCUT2D eigenvalue weighted by molar-refractivity contribution is 5.85. The number of hydrogen-bond acceptors (Lipinski definition) is 3. The van der Waals surface area contributed by atoms with Crippen LogP contribution >= 0.6 is 12.4 Å². The molecule has 4 nitrogen and oxygen atoms in total. The lowest BCUT2D eigenvalue weighted by atomic mass is 10.2. The highest BCUT2D eigenvalue weighted by atomic mass is 35.5. The SMILES string of the molecule is CC(Oc1ccccc1C(F)(F)F)C(=O)NCCN.Cl. The molecule has 1 aromatic rings. The Hall–Kier alpha value is -1.47. The first kappa shape index (κ1) is 18.5. The van der Waals surface area contributed by atoms with Crippen molar-refractivity contribution in [2.75, 3.05) is 13.1 Å². The summed E-state index contributed by atoms with van der Waals surface area (Å²) in [5, 5.41) is 2.44. The lowest BCUT2D eigenvalue weighted by Gasteiger charge is -2.18. The number of rotatable bonds is 5. The van der Waals surface area contributed by atoms with Crippen molar-refractivity contribution in [1.29, 1.82) is 0 Å². The van der Waals surface area contributed by atoms with Crippen molar-refractivity contribution in [2.24, 2.45) is 5.73 Å². The van der Waals surface area contributed by atoms with E-state index in [0.29, 0.717) is 0 Å². The predicted octanol–water partition coefficient (Wildman–Crippen LogP) is 1.97. The molecular formula is C12H16ClF3N2O2. The van der Waals surface area contributed by atoms with Crippen LogP contribution in [-0.2, 0) is 11.0 Å². The summed E-state index contributed by atoms with van der Waals surface area (Å²) in [6.07, 6.45) is -5.56. The molecule has 0 saturated heterocycles. The Balaban J connectivity index is 0.00000361. The topological polar surface area (TPSA) is 64.3 Å². The van der Waals surface area contributed by atoms with Gasteiger partial charge in [0.05, 0.1) is 5.56 Å². The lowest BCUT2D eigenvalue weighted by Crippen LogP contribution is -2.39. The van der Waals surface area contributed by atoms with E-state index in [2.05, 4.69) is 5.32 Å². The summed E-state index contributed by atoms with van der Waals surface area (Å²) >= 11 is 0. The monoisotopic (exact) mass is 312 g/mol. The molecule has 0 aromatic heterocycles. The quantitative estimate of drug-likeness (QED) is 0.873. The molecule has 0 aliphatic carbocycles. The first-order valence-corrected chi connectivity index (χ1v) is 5.67. The molecule has 0 fully saturated rings. The maximum atomic E-state index is 12.7. The van der Waals surface area contributed by atoms with E-state index in [1.165, 1.54) is 25.1 Å². The van der Waals surface area contributed by atoms with Crippen molar-refractivity contribution in [3.8, 4) is 5.75 Å². The smallest absolute Gasteiger partial charge is 0.419 e. The number of nitrogens with two attached hydrogens (primary N) is 1. The van der Waals surface area contributed by atoms with Gasteiger partial charge in [-0.15, -0.1) is 12.4 Å². The molecule has 1 unspecified atom stereocenters. The van der Waals surface area contributed by atoms with Gasteiger partial charge in [-0.2, -0.15) is 13.2 Å². The van der Waals surface area contributed by atoms with Crippen LogP contribution in [0.2, 0.25) is 0 Å². The van der Waals surface area contributed by atoms with Gasteiger partial charge in [0, 0.05) is 13.1 Å². The van der Waals surface area contributed by atoms with Crippen LogP contribution in [0.1, 0.15) is 12.5 Å². The second-order valence-corrected chi connectivity index (χ2v) is 3.83. The van der Waals surface area contributed by atoms with Crippen LogP contribution in [0.15, 0.2) is 24.3 Å². The third kappa shape index (κ3) is 5.26. The van der Waals surface area contributed by atoms with Crippen molar-refractivity contribution >= 4 is 18.3 Å². The maximum Gasteiger partial charge on any atom is 0.419 e. The van der Waals surface area contributed by atoms with Crippen LogP contribution in [0.3, 0.4) is 0 Å². The van der Waals surface area contributed by atoms with Gasteiger partial charge in [0.15, 0.2) is 6.10 Å². The van der Waals surface area contributed by atoms with Crippen molar-refractivity contribution in [3.05, 3.63) is 29.8 Å². The van der Waals surface area contributed by atoms with E-state index in [-0.39, 0.29) is 31.2 Å². The zero-order valence-electron chi connectivity index (χ0n) is 10.7. The summed E-state index contributed by atoms with van der Waals surface area (Å²) in [6.45, 7) is 1.87. The summed E-state index contributed by atoms with van der Waals surface area (Å²) in [5.41, 5.74) is 4.30. The number of ether oxygens (including phenoxy) is 1. The predicted molar refractivity (Wildman–Crippen MR) is 70.8 cm³/mol. The van der Waals surface area contributed by atoms with Crippen LogP contribution in [-0.4, -0.2) is 25.1 Å². The van der Waals surface area contributed by atoms with Crippen molar-refractivity contribution in [2.45, 2.75) is 19.2 Å². The van der Waals surface area contributed by atoms with Crippen LogP contribution in [0.25, 0.3) is 0 Å². The van der Waals surface area contributed by atoms with Gasteiger partial charge in [-0.05, 0) is 19.1 Å². The van der Waals surface area contributed by atoms with Crippen LogP contribution in [0, 0.1) is 0 Å². The maximum absolute atomic E-state index is 12.7. The van der Waals surface area contributed by atoms with E-state index in [4.69, 9.17) is 10.5 Å². The number of nitrogens with one attached hydrogen (secondary N) is 1. The summed E-state index contributed by atoms with van der Waals surface area (Å²) in [4.78, 5) is 11.5. The van der Waals surface area contributed by atoms with E-state index in [0.717, 1.165) is 6.07 Å². The molecule has 114 valence electrons. The number of benzene rings is 1. The number of alkyl halides is 3. The van der Waals surface area contributed by atoms with Crippen LogP contribution in [0.4, 0.5) is 13.2 Å². The first-order valence-electron chi connectivity index (χ1n) is 5.67. The normalized spacial score (nSPS) is 12.2. The fourth-order valence-corrected chi connectivity index (χ4v) is 1.39. The van der Waals surface area contributed by atoms with Crippen molar-refractivity contribution in [3.63, 3.8) is 0 Å². The zero-order valence-corrected chi connectivity index (χ0v) is 11.6. The average Bonchev–Trinajstić information content (AvgIpc) is 2.35. The minimum absolute atomic E-state index is 0. The average molecular weight is 313 g/mol. The van der Waals surface area contributed by atoms with Gasteiger partial charge in [0.25, 0.3) is 5.91 Å². The summed E-state index contributed by atoms with van der Waals surface area (Å²) < 4.78 is 43.2. The molecule has 0 saturated carbocycles. The zero-order chi connectivity index (χ0) is 14.5. The third-order valence-electron chi connectivity index (χ3n) is 2.31. The fraction of sp³-hybridized carbons (Fsp3) is 0.417. The number of halogens is 4. The van der Waals surface area contributed by atoms with Gasteiger partial charge in [-0.3, -0.25) is 4.79 Å². The van der Waals surface area contributed by atoms with Gasteiger partial charge in [-0.1, -0.05) is 12.1 Å². The Bertz CT molecular complexity index is 441. The Labute approximate surface area is 120 Å². The van der Waals surface area contributed by atoms with E-state index in [9.17, 15) is 18.0 Å². The fourth-order valence-electron chi connectivity index (χ4n) is 1.39. The molecular weight excluding hydrogens is 297 g/mol. The highest BCUT2D eigenvalue weighted by Gasteiger charge is 2.34. The van der Waals surface area contributed by atoms with Crippen molar-refractivity contribution < 1.29 is 22.7 Å². The number of hydrogen-bond donors (Lipinski definition) is 2. The summed E-state index contributed by atoms with van der Waals surface area (Å²) in [6, 6.07) is 4.75. The first-order chi connectivity index (χ1) is 8.86. The molecule has 0 radical (unpaired) electrons. The summed E-state index contributed by atoms with van der Waals surface area (Å²) in [5.74, 6) is -0.882. The minimum Gasteiger partial charge on any atom is -0.480 e. The number of carbonyl (C=O) groups is 1. The Morgan fingerprint density at radius 1 is 1.40 bits per heavy atom. The lowest BCUT2D eigenvalue weighted by molar-refractivity contribution is -0.140. The van der Waals surface area contributed by atoms with E-state index in [1.54, 1.807) is 0 Å². The molecule has 0 aliphatic rings. The van der Waals surface area contributed by atoms with E-state index < -0.39 is 23.8 Å². The molecule has 1 amide bonds. The van der Waals surface area contributed by atoms with Crippen LogP contribution in [0.5, 0.6) is 5.75 Å². The second kappa shape index (κ2) is 7.96. The number of amides is 1. The largest absolute Gasteiger partial charge is 0.480 e. The van der Waals surface area contributed by atoms with Gasteiger partial charge < -0.3 is 15.8 Å². The molecule has 0 aliphatic heterocycles. The standard InChI is InChI=1S/C12H15F3N2O2.ClH/c1-8(11(18)17-7-6-16)19-10-5-3-2-4-9(10)12(13,14)15;/h2-5,8H,6-7,16H2,1H3,(H,17,18);1H. The molecule has 20 heavy (non-hydrogen) atoms. The molecule has 0 bridgehead atoms. The Morgan fingerprint density at radius 3 is 2.55 bits per heavy atom. The van der Waals surface area contributed by atoms with Gasteiger partial charge in [-0.25, -0.2) is 0 Å². The van der Waals surface area contributed by atoms with Gasteiger partial charge in [0.2, 0.25) is 0 Å². The van der Waals surface area contributed by atoms with Crippen LogP contribution < -0.4 is 15.8 Å². The third-order valence-corrected chi connectivity index (χ3v) is 2.31. The Kier molecular flexibility index (Phi) is 7.38. The number of para-hydroxylation sites is 1. The number of carbonyl (C=O) groups excluding carboxylic acids is 1. The van der Waals surface area contributed by atoms with E-state index >= 15 is 0 Å². The molecule has 1 aromatic carbocycles. The Morgan fingerprint density at radius 2 is 2.00 bits per heavy atom. The molecule has 0 heterocycles. The molecule has 8 heteroatoms. The van der Waals surface area contributed by atoms with Crippen molar-refractivity contribution in [1.82, 2.24) is 5.32 Å². The molecule has 1 rings (SSSR count). The van der Waals surface area contributed by atoms with E-state index in [1.807, 2.05) is 0 Å². The minimum atomic E-state index is -4.52. The second-order valence-electron chi connectivity index (χ2n) is 3.83. The highest BCUT2D eigenvalue weighted by Crippen LogP contribution is 2.36. The summed E-state index contributed by atoms with van der Waals surface area (Å²) in [7, 11) is 0. The molecule has 3 N–H and O–H groups in total. The van der Waals surface area contributed by atoms with Gasteiger partial charge in [0.1, 0.15) is 5.75 Å². The van der Waals surface area contributed by atoms with Gasteiger partial charge >= 0.3 is 6.18 Å².